The van der Waals surface area contributed by atoms with Crippen molar-refractivity contribution in [3.8, 4) is 0 Å². The predicted molar refractivity (Wildman–Crippen MR) is 89.6 cm³/mol. The number of ether oxygens (including phenoxy) is 1. The van der Waals surface area contributed by atoms with Crippen LogP contribution >= 0.6 is 11.3 Å². The van der Waals surface area contributed by atoms with Crippen LogP contribution in [-0.2, 0) is 17.7 Å². The van der Waals surface area contributed by atoms with Crippen LogP contribution in [0.25, 0.3) is 0 Å². The maximum atomic E-state index is 5.81. The number of hydrogen-bond acceptors (Lipinski definition) is 7. The highest BCUT2D eigenvalue weighted by Gasteiger charge is 2.25. The van der Waals surface area contributed by atoms with Crippen molar-refractivity contribution < 1.29 is 9.26 Å². The van der Waals surface area contributed by atoms with Gasteiger partial charge in [0.05, 0.1) is 13.2 Å². The molecule has 1 unspecified atom stereocenters. The third kappa shape index (κ3) is 3.69. The Morgan fingerprint density at radius 3 is 3.00 bits per heavy atom. The zero-order chi connectivity index (χ0) is 16.2. The molecule has 0 radical (unpaired) electrons. The lowest BCUT2D eigenvalue weighted by Crippen LogP contribution is -2.37. The zero-order valence-electron chi connectivity index (χ0n) is 13.2. The number of nitrogens with zero attached hydrogens (tertiary/aromatic N) is 4. The summed E-state index contributed by atoms with van der Waals surface area (Å²) in [6.07, 6.45) is 2.54. The summed E-state index contributed by atoms with van der Waals surface area (Å²) in [6, 6.07) is 10.2. The number of hydrogen-bond donors (Lipinski definition) is 0. The Hall–Kier alpha value is -2.09. The number of aromatic nitrogens is 3. The van der Waals surface area contributed by atoms with E-state index >= 15 is 0 Å². The van der Waals surface area contributed by atoms with Crippen LogP contribution in [0.4, 0.5) is 0 Å². The van der Waals surface area contributed by atoms with Gasteiger partial charge in [0.1, 0.15) is 11.1 Å². The van der Waals surface area contributed by atoms with E-state index in [0.29, 0.717) is 25.5 Å². The summed E-state index contributed by atoms with van der Waals surface area (Å²) in [4.78, 5) is 11.1. The summed E-state index contributed by atoms with van der Waals surface area (Å²) < 4.78 is 11.2. The second-order valence-corrected chi connectivity index (χ2v) is 6.66. The van der Waals surface area contributed by atoms with Crippen LogP contribution in [0.1, 0.15) is 28.4 Å². The van der Waals surface area contributed by atoms with Crippen molar-refractivity contribution in [3.05, 3.63) is 64.2 Å². The van der Waals surface area contributed by atoms with Crippen LogP contribution in [0.5, 0.6) is 0 Å². The van der Waals surface area contributed by atoms with Gasteiger partial charge in [-0.1, -0.05) is 35.5 Å². The molecule has 1 aliphatic heterocycles. The van der Waals surface area contributed by atoms with Crippen molar-refractivity contribution in [2.45, 2.75) is 19.1 Å². The van der Waals surface area contributed by atoms with Gasteiger partial charge >= 0.3 is 0 Å². The maximum Gasteiger partial charge on any atom is 0.240 e. The van der Waals surface area contributed by atoms with Crippen molar-refractivity contribution in [1.82, 2.24) is 20.0 Å². The smallest absolute Gasteiger partial charge is 0.240 e. The molecule has 1 fully saturated rings. The molecule has 0 spiro atoms. The van der Waals surface area contributed by atoms with E-state index in [0.717, 1.165) is 23.9 Å². The van der Waals surface area contributed by atoms with E-state index in [1.165, 1.54) is 5.56 Å². The van der Waals surface area contributed by atoms with E-state index in [9.17, 15) is 0 Å². The quantitative estimate of drug-likeness (QED) is 0.710. The Kier molecular flexibility index (Phi) is 4.64. The average molecular weight is 342 g/mol. The first-order valence-electron chi connectivity index (χ1n) is 7.95. The number of benzene rings is 1. The van der Waals surface area contributed by atoms with Crippen LogP contribution in [0, 0.1) is 0 Å². The van der Waals surface area contributed by atoms with Gasteiger partial charge in [0.2, 0.25) is 5.89 Å². The zero-order valence-corrected chi connectivity index (χ0v) is 14.0. The lowest BCUT2D eigenvalue weighted by atomic mass is 10.1. The molecule has 124 valence electrons. The lowest BCUT2D eigenvalue weighted by Gasteiger charge is -2.30. The Labute approximate surface area is 144 Å². The second kappa shape index (κ2) is 7.21. The topological polar surface area (TPSA) is 64.3 Å². The van der Waals surface area contributed by atoms with E-state index in [-0.39, 0.29) is 6.10 Å². The van der Waals surface area contributed by atoms with Crippen LogP contribution in [0.15, 0.2) is 46.4 Å². The van der Waals surface area contributed by atoms with Crippen LogP contribution in [0.2, 0.25) is 0 Å². The highest BCUT2D eigenvalue weighted by molar-refractivity contribution is 7.09. The number of rotatable bonds is 5. The molecule has 0 saturated carbocycles. The summed E-state index contributed by atoms with van der Waals surface area (Å²) in [5, 5.41) is 7.09. The minimum Gasteiger partial charge on any atom is -0.368 e. The summed E-state index contributed by atoms with van der Waals surface area (Å²) in [5.41, 5.74) is 1.18. The monoisotopic (exact) mass is 342 g/mol. The molecule has 3 heterocycles. The Bertz CT molecular complexity index is 760. The molecule has 7 heteroatoms. The van der Waals surface area contributed by atoms with Gasteiger partial charge in [0, 0.05) is 31.1 Å². The fourth-order valence-electron chi connectivity index (χ4n) is 2.78. The third-order valence-electron chi connectivity index (χ3n) is 3.95. The van der Waals surface area contributed by atoms with Crippen molar-refractivity contribution in [3.63, 3.8) is 0 Å². The SMILES string of the molecule is c1ccc(Cc2noc(CN3CCOC(c4nccs4)C3)n2)cc1. The third-order valence-corrected chi connectivity index (χ3v) is 4.82. The highest BCUT2D eigenvalue weighted by Crippen LogP contribution is 2.24. The highest BCUT2D eigenvalue weighted by atomic mass is 32.1. The molecule has 0 N–H and O–H groups in total. The van der Waals surface area contributed by atoms with Crippen molar-refractivity contribution in [2.75, 3.05) is 19.7 Å². The maximum absolute atomic E-state index is 5.81. The molecule has 0 bridgehead atoms. The molecule has 1 aliphatic rings. The fourth-order valence-corrected chi connectivity index (χ4v) is 3.46. The Morgan fingerprint density at radius 2 is 2.17 bits per heavy atom. The van der Waals surface area contributed by atoms with E-state index in [2.05, 4.69) is 32.2 Å². The van der Waals surface area contributed by atoms with Gasteiger partial charge in [-0.15, -0.1) is 11.3 Å². The largest absolute Gasteiger partial charge is 0.368 e. The second-order valence-electron chi connectivity index (χ2n) is 5.73. The normalized spacial score (nSPS) is 18.8. The predicted octanol–water partition coefficient (Wildman–Crippen LogP) is 2.69. The number of morpholine rings is 1. The molecule has 24 heavy (non-hydrogen) atoms. The Morgan fingerprint density at radius 1 is 1.25 bits per heavy atom. The molecule has 2 aromatic heterocycles. The molecule has 4 rings (SSSR count). The van der Waals surface area contributed by atoms with Gasteiger partial charge in [-0.05, 0) is 5.56 Å². The van der Waals surface area contributed by atoms with Crippen LogP contribution in [0.3, 0.4) is 0 Å². The minimum absolute atomic E-state index is 0.0328. The van der Waals surface area contributed by atoms with Crippen molar-refractivity contribution in [2.24, 2.45) is 0 Å². The Balaban J connectivity index is 1.37. The standard InChI is InChI=1S/C17H18N4O2S/c1-2-4-13(5-3-1)10-15-19-16(23-20-15)12-21-7-8-22-14(11-21)17-18-6-9-24-17/h1-6,9,14H,7-8,10-12H2. The summed E-state index contributed by atoms with van der Waals surface area (Å²) in [7, 11) is 0. The molecule has 0 aliphatic carbocycles. The van der Waals surface area contributed by atoms with E-state index in [4.69, 9.17) is 9.26 Å². The summed E-state index contributed by atoms with van der Waals surface area (Å²) >= 11 is 1.63. The van der Waals surface area contributed by atoms with Gasteiger partial charge in [-0.3, -0.25) is 4.90 Å². The van der Waals surface area contributed by atoms with Gasteiger partial charge in [-0.2, -0.15) is 4.98 Å². The molecule has 3 aromatic rings. The molecule has 0 amide bonds. The average Bonchev–Trinajstić information content (AvgIpc) is 3.28. The van der Waals surface area contributed by atoms with Crippen molar-refractivity contribution in [1.29, 1.82) is 0 Å². The molecular weight excluding hydrogens is 324 g/mol. The fraction of sp³-hybridized carbons (Fsp3) is 0.353. The van der Waals surface area contributed by atoms with Gasteiger partial charge < -0.3 is 9.26 Å². The minimum atomic E-state index is 0.0328. The first kappa shape index (κ1) is 15.4. The molecular formula is C17H18N4O2S. The van der Waals surface area contributed by atoms with Crippen molar-refractivity contribution >= 4 is 11.3 Å². The van der Waals surface area contributed by atoms with E-state index in [1.807, 2.05) is 29.8 Å². The molecule has 1 aromatic carbocycles. The van der Waals surface area contributed by atoms with Gasteiger partial charge in [0.15, 0.2) is 5.82 Å². The molecule has 6 nitrogen and oxygen atoms in total. The van der Waals surface area contributed by atoms with Gasteiger partial charge in [0.25, 0.3) is 0 Å². The lowest BCUT2D eigenvalue weighted by molar-refractivity contribution is -0.0356. The first-order chi connectivity index (χ1) is 11.9. The first-order valence-corrected chi connectivity index (χ1v) is 8.83. The molecule has 1 saturated heterocycles. The summed E-state index contributed by atoms with van der Waals surface area (Å²) in [5.74, 6) is 1.38. The summed E-state index contributed by atoms with van der Waals surface area (Å²) in [6.45, 7) is 2.99. The molecule has 1 atom stereocenters. The van der Waals surface area contributed by atoms with E-state index in [1.54, 1.807) is 11.3 Å². The van der Waals surface area contributed by atoms with Crippen LogP contribution < -0.4 is 0 Å². The van der Waals surface area contributed by atoms with E-state index < -0.39 is 0 Å². The van der Waals surface area contributed by atoms with Gasteiger partial charge in [-0.25, -0.2) is 4.98 Å². The van der Waals surface area contributed by atoms with Crippen LogP contribution in [-0.4, -0.2) is 39.7 Å². The number of thiazole rings is 1.